The van der Waals surface area contributed by atoms with E-state index in [9.17, 15) is 0 Å². The van der Waals surface area contributed by atoms with Crippen molar-refractivity contribution >= 4 is 0 Å². The van der Waals surface area contributed by atoms with Gasteiger partial charge in [0, 0.05) is 12.8 Å². The maximum atomic E-state index is 3.84. The topological polar surface area (TPSA) is 0 Å². The maximum Gasteiger partial charge on any atom is 0.00912 e. The molecule has 0 saturated carbocycles. The molecule has 0 aromatic rings. The minimum Gasteiger partial charge on any atom is -0.104 e. The van der Waals surface area contributed by atoms with Crippen molar-refractivity contribution in [1.82, 2.24) is 0 Å². The van der Waals surface area contributed by atoms with Crippen LogP contribution in [-0.2, 0) is 0 Å². The fraction of sp³-hybridized carbons (Fsp3) is 0.700. The Morgan fingerprint density at radius 1 is 1.40 bits per heavy atom. The highest BCUT2D eigenvalue weighted by molar-refractivity contribution is 4.97. The normalized spacial score (nSPS) is 11.9. The van der Waals surface area contributed by atoms with Gasteiger partial charge in [-0.1, -0.05) is 27.2 Å². The lowest BCUT2D eigenvalue weighted by Gasteiger charge is -2.02. The molecule has 0 amide bonds. The zero-order valence-electron chi connectivity index (χ0n) is 7.11. The average molecular weight is 137 g/mol. The summed E-state index contributed by atoms with van der Waals surface area (Å²) >= 11 is 0. The zero-order valence-corrected chi connectivity index (χ0v) is 7.11. The van der Waals surface area contributed by atoms with Gasteiger partial charge in [0.15, 0.2) is 0 Å². The first-order valence-corrected chi connectivity index (χ1v) is 4.06. The van der Waals surface area contributed by atoms with Crippen LogP contribution in [0.25, 0.3) is 0 Å². The summed E-state index contributed by atoms with van der Waals surface area (Å²) in [7, 11) is 0. The van der Waals surface area contributed by atoms with E-state index in [0.717, 1.165) is 25.2 Å². The van der Waals surface area contributed by atoms with Gasteiger partial charge in [0.25, 0.3) is 0 Å². The second kappa shape index (κ2) is 6.68. The standard InChI is InChI=1S/C10H17/c1-4-6-7-8-9-10(3)5-2/h10H,2,4-5,8-9H2,1,3H3. The third-order valence-corrected chi connectivity index (χ3v) is 1.56. The van der Waals surface area contributed by atoms with Gasteiger partial charge in [0.05, 0.1) is 0 Å². The van der Waals surface area contributed by atoms with Crippen molar-refractivity contribution < 1.29 is 0 Å². The quantitative estimate of drug-likeness (QED) is 0.524. The third-order valence-electron chi connectivity index (χ3n) is 1.56. The Morgan fingerprint density at radius 3 is 2.60 bits per heavy atom. The van der Waals surface area contributed by atoms with Crippen molar-refractivity contribution in [2.24, 2.45) is 5.92 Å². The van der Waals surface area contributed by atoms with Gasteiger partial charge < -0.3 is 0 Å². The highest BCUT2D eigenvalue weighted by atomic mass is 14.0. The molecule has 0 saturated heterocycles. The molecule has 0 aromatic carbocycles. The summed E-state index contributed by atoms with van der Waals surface area (Å²) < 4.78 is 0. The Kier molecular flexibility index (Phi) is 6.38. The van der Waals surface area contributed by atoms with Crippen LogP contribution >= 0.6 is 0 Å². The molecule has 0 rings (SSSR count). The molecular formula is C10H17. The van der Waals surface area contributed by atoms with Crippen LogP contribution in [0.3, 0.4) is 0 Å². The molecule has 0 heteroatoms. The van der Waals surface area contributed by atoms with E-state index in [2.05, 4.69) is 32.6 Å². The van der Waals surface area contributed by atoms with Gasteiger partial charge in [-0.05, 0) is 12.3 Å². The number of hydrogen-bond donors (Lipinski definition) is 0. The van der Waals surface area contributed by atoms with E-state index in [1.165, 1.54) is 6.42 Å². The van der Waals surface area contributed by atoms with Crippen LogP contribution in [0.4, 0.5) is 0 Å². The Bertz CT molecular complexity index is 114. The largest absolute Gasteiger partial charge is 0.104 e. The summed E-state index contributed by atoms with van der Waals surface area (Å²) in [4.78, 5) is 0. The van der Waals surface area contributed by atoms with E-state index in [4.69, 9.17) is 0 Å². The minimum atomic E-state index is 0.742. The van der Waals surface area contributed by atoms with Crippen LogP contribution < -0.4 is 0 Å². The average Bonchev–Trinajstić information content (AvgIpc) is 1.98. The van der Waals surface area contributed by atoms with Crippen LogP contribution in [0.2, 0.25) is 0 Å². The molecule has 1 atom stereocenters. The van der Waals surface area contributed by atoms with Crippen LogP contribution in [0.15, 0.2) is 0 Å². The molecule has 0 aromatic heterocycles. The maximum absolute atomic E-state index is 3.84. The van der Waals surface area contributed by atoms with E-state index in [0.29, 0.717) is 0 Å². The minimum absolute atomic E-state index is 0.742. The smallest absolute Gasteiger partial charge is 0.00912 e. The number of rotatable bonds is 3. The first-order valence-electron chi connectivity index (χ1n) is 4.06. The lowest BCUT2D eigenvalue weighted by Crippen LogP contribution is -1.89. The molecule has 10 heavy (non-hydrogen) atoms. The summed E-state index contributed by atoms with van der Waals surface area (Å²) in [6.45, 7) is 8.14. The monoisotopic (exact) mass is 137 g/mol. The van der Waals surface area contributed by atoms with Crippen LogP contribution in [-0.4, -0.2) is 0 Å². The summed E-state index contributed by atoms with van der Waals surface area (Å²) in [5.74, 6) is 6.92. The van der Waals surface area contributed by atoms with E-state index in [1.54, 1.807) is 0 Å². The molecule has 0 bridgehead atoms. The van der Waals surface area contributed by atoms with E-state index in [1.807, 2.05) is 0 Å². The van der Waals surface area contributed by atoms with Gasteiger partial charge in [-0.25, -0.2) is 0 Å². The lowest BCUT2D eigenvalue weighted by atomic mass is 10.0. The Hall–Kier alpha value is -0.440. The van der Waals surface area contributed by atoms with Gasteiger partial charge in [-0.3, -0.25) is 0 Å². The van der Waals surface area contributed by atoms with Crippen molar-refractivity contribution in [1.29, 1.82) is 0 Å². The van der Waals surface area contributed by atoms with Crippen molar-refractivity contribution in [3.05, 3.63) is 6.92 Å². The molecule has 0 nitrogen and oxygen atoms in total. The number of hydrogen-bond acceptors (Lipinski definition) is 0. The van der Waals surface area contributed by atoms with E-state index >= 15 is 0 Å². The SMILES string of the molecule is [CH2]CC(C)CCC#CCC. The van der Waals surface area contributed by atoms with Gasteiger partial charge in [-0.15, -0.1) is 11.8 Å². The Morgan fingerprint density at radius 2 is 2.10 bits per heavy atom. The Labute approximate surface area is 65.0 Å². The molecule has 1 unspecified atom stereocenters. The molecule has 0 aliphatic rings. The van der Waals surface area contributed by atoms with Crippen molar-refractivity contribution in [2.45, 2.75) is 39.5 Å². The summed E-state index contributed by atoms with van der Waals surface area (Å²) in [6.07, 6.45) is 4.27. The fourth-order valence-corrected chi connectivity index (χ4v) is 0.676. The van der Waals surface area contributed by atoms with Crippen LogP contribution in [0, 0.1) is 24.7 Å². The summed E-state index contributed by atoms with van der Waals surface area (Å²) in [5.41, 5.74) is 0. The molecule has 57 valence electrons. The highest BCUT2D eigenvalue weighted by Crippen LogP contribution is 2.07. The molecule has 0 aliphatic heterocycles. The Balaban J connectivity index is 3.18. The lowest BCUT2D eigenvalue weighted by molar-refractivity contribution is 0.549. The first-order chi connectivity index (χ1) is 4.81. The second-order valence-electron chi connectivity index (χ2n) is 2.64. The van der Waals surface area contributed by atoms with E-state index in [-0.39, 0.29) is 0 Å². The van der Waals surface area contributed by atoms with Gasteiger partial charge in [-0.2, -0.15) is 0 Å². The van der Waals surface area contributed by atoms with Crippen molar-refractivity contribution in [3.8, 4) is 11.8 Å². The van der Waals surface area contributed by atoms with Gasteiger partial charge in [0.2, 0.25) is 0 Å². The summed E-state index contributed by atoms with van der Waals surface area (Å²) in [6, 6.07) is 0. The summed E-state index contributed by atoms with van der Waals surface area (Å²) in [5, 5.41) is 0. The fourth-order valence-electron chi connectivity index (χ4n) is 0.676. The highest BCUT2D eigenvalue weighted by Gasteiger charge is 1.94. The first kappa shape index (κ1) is 9.56. The molecule has 0 N–H and O–H groups in total. The molecular weight excluding hydrogens is 120 g/mol. The van der Waals surface area contributed by atoms with Crippen LogP contribution in [0.5, 0.6) is 0 Å². The predicted molar refractivity (Wildman–Crippen MR) is 46.4 cm³/mol. The molecule has 0 heterocycles. The second-order valence-corrected chi connectivity index (χ2v) is 2.64. The van der Waals surface area contributed by atoms with E-state index < -0.39 is 0 Å². The molecule has 0 spiro atoms. The van der Waals surface area contributed by atoms with Crippen LogP contribution in [0.1, 0.15) is 39.5 Å². The predicted octanol–water partition coefficient (Wildman–Crippen LogP) is 3.04. The third kappa shape index (κ3) is 5.69. The van der Waals surface area contributed by atoms with Crippen molar-refractivity contribution in [2.75, 3.05) is 0 Å². The molecule has 1 radical (unpaired) electrons. The molecule has 0 aliphatic carbocycles. The van der Waals surface area contributed by atoms with Gasteiger partial charge >= 0.3 is 0 Å². The van der Waals surface area contributed by atoms with Gasteiger partial charge in [0.1, 0.15) is 0 Å². The molecule has 0 fully saturated rings. The van der Waals surface area contributed by atoms with Crippen molar-refractivity contribution in [3.63, 3.8) is 0 Å². The zero-order chi connectivity index (χ0) is 7.82.